The first kappa shape index (κ1) is 13.7. The summed E-state index contributed by atoms with van der Waals surface area (Å²) in [6, 6.07) is 0. The van der Waals surface area contributed by atoms with Crippen LogP contribution in [0.1, 0.15) is 25.3 Å². The predicted molar refractivity (Wildman–Crippen MR) is 49.7 cm³/mol. The van der Waals surface area contributed by atoms with Crippen molar-refractivity contribution in [2.45, 2.75) is 19.4 Å². The lowest BCUT2D eigenvalue weighted by atomic mass is 10.3. The zero-order valence-corrected chi connectivity index (χ0v) is 8.82. The second-order valence-electron chi connectivity index (χ2n) is 2.22. The summed E-state index contributed by atoms with van der Waals surface area (Å²) in [5.74, 6) is 0.451. The van der Waals surface area contributed by atoms with Gasteiger partial charge in [0.1, 0.15) is 6.33 Å². The van der Waals surface area contributed by atoms with Gasteiger partial charge in [0, 0.05) is 0 Å². The van der Waals surface area contributed by atoms with Gasteiger partial charge in [-0.1, -0.05) is 6.92 Å². The average Bonchev–Trinajstić information content (AvgIpc) is 2.66. The molecule has 0 aliphatic carbocycles. The minimum absolute atomic E-state index is 0.432. The summed E-state index contributed by atoms with van der Waals surface area (Å²) in [5, 5.41) is 8.58. The highest BCUT2D eigenvalue weighted by Crippen LogP contribution is 2.15. The maximum Gasteiger partial charge on any atom is 0.314 e. The van der Waals surface area contributed by atoms with Crippen LogP contribution in [0.2, 0.25) is 0 Å². The van der Waals surface area contributed by atoms with Crippen molar-refractivity contribution in [2.24, 2.45) is 5.34 Å². The molecule has 1 rings (SSSR count). The molecule has 0 spiro atoms. The van der Waals surface area contributed by atoms with Gasteiger partial charge in [-0.2, -0.15) is 5.10 Å². The summed E-state index contributed by atoms with van der Waals surface area (Å²) < 4.78 is 8.74. The van der Waals surface area contributed by atoms with E-state index < -0.39 is 14.4 Å². The Bertz CT molecular complexity index is 288. The van der Waals surface area contributed by atoms with Crippen LogP contribution in [0.15, 0.2) is 11.7 Å². The molecule has 0 bridgehead atoms. The van der Waals surface area contributed by atoms with Gasteiger partial charge in [-0.25, -0.2) is 4.98 Å². The Labute approximate surface area is 85.4 Å². The van der Waals surface area contributed by atoms with Gasteiger partial charge < -0.3 is 14.6 Å². The number of hydrogen-bond donors (Lipinski definition) is 3. The van der Waals surface area contributed by atoms with E-state index in [1.54, 1.807) is 0 Å². The van der Waals surface area contributed by atoms with E-state index in [9.17, 15) is 4.91 Å². The Morgan fingerprint density at radius 1 is 1.73 bits per heavy atom. The normalized spacial score (nSPS) is 11.5. The van der Waals surface area contributed by atoms with Crippen molar-refractivity contribution in [2.75, 3.05) is 0 Å². The quantitative estimate of drug-likeness (QED) is 0.390. The van der Waals surface area contributed by atoms with E-state index in [0.717, 1.165) is 0 Å². The zero-order valence-electron chi connectivity index (χ0n) is 7.82. The Hall–Kier alpha value is -1.31. The van der Waals surface area contributed by atoms with Crippen molar-refractivity contribution in [3.8, 4) is 0 Å². The predicted octanol–water partition coefficient (Wildman–Crippen LogP) is 0.314. The summed E-state index contributed by atoms with van der Waals surface area (Å²) in [7, 11) is -3.13. The van der Waals surface area contributed by atoms with Gasteiger partial charge >= 0.3 is 8.25 Å². The van der Waals surface area contributed by atoms with Crippen LogP contribution in [0.3, 0.4) is 0 Å². The SMILES string of the molecule is CCC(ON=O)c1nc[nH]n1.O=[PH](O)O. The molecule has 1 atom stereocenters. The van der Waals surface area contributed by atoms with Gasteiger partial charge in [0.25, 0.3) is 0 Å². The van der Waals surface area contributed by atoms with E-state index in [2.05, 4.69) is 25.4 Å². The number of H-pyrrole nitrogens is 1. The highest BCUT2D eigenvalue weighted by Gasteiger charge is 2.14. The highest BCUT2D eigenvalue weighted by molar-refractivity contribution is 7.30. The fourth-order valence-corrected chi connectivity index (χ4v) is 0.730. The summed E-state index contributed by atoms with van der Waals surface area (Å²) in [6.07, 6.45) is 1.61. The molecule has 0 aliphatic heterocycles. The first-order valence-corrected chi connectivity index (χ1v) is 5.18. The maximum absolute atomic E-state index is 9.73. The number of nitrogens with one attached hydrogen (secondary N) is 1. The molecule has 3 N–H and O–H groups in total. The third-order valence-electron chi connectivity index (χ3n) is 1.26. The monoisotopic (exact) mass is 238 g/mol. The topological polar surface area (TPSA) is 138 Å². The smallest absolute Gasteiger partial charge is 0.314 e. The lowest BCUT2D eigenvalue weighted by molar-refractivity contribution is 0.0460. The van der Waals surface area contributed by atoms with Crippen LogP contribution in [0.5, 0.6) is 0 Å². The van der Waals surface area contributed by atoms with Gasteiger partial charge in [0.15, 0.2) is 17.3 Å². The molecule has 1 aromatic rings. The van der Waals surface area contributed by atoms with Crippen LogP contribution in [0, 0.1) is 4.91 Å². The Morgan fingerprint density at radius 3 is 2.67 bits per heavy atom. The molecule has 0 saturated carbocycles. The third kappa shape index (κ3) is 6.72. The second-order valence-corrected chi connectivity index (χ2v) is 2.78. The molecule has 15 heavy (non-hydrogen) atoms. The molecular weight excluding hydrogens is 227 g/mol. The third-order valence-corrected chi connectivity index (χ3v) is 1.26. The van der Waals surface area contributed by atoms with E-state index in [-0.39, 0.29) is 0 Å². The Kier molecular flexibility index (Phi) is 7.33. The minimum Gasteiger partial charge on any atom is -0.352 e. The maximum atomic E-state index is 9.73. The van der Waals surface area contributed by atoms with Crippen molar-refractivity contribution >= 4 is 8.25 Å². The van der Waals surface area contributed by atoms with Gasteiger partial charge in [-0.3, -0.25) is 9.66 Å². The molecule has 1 unspecified atom stereocenters. The van der Waals surface area contributed by atoms with E-state index in [0.29, 0.717) is 12.2 Å². The zero-order chi connectivity index (χ0) is 11.7. The van der Waals surface area contributed by atoms with Crippen LogP contribution in [-0.2, 0) is 9.40 Å². The Morgan fingerprint density at radius 2 is 2.33 bits per heavy atom. The van der Waals surface area contributed by atoms with E-state index in [1.807, 2.05) is 6.92 Å². The van der Waals surface area contributed by atoms with Gasteiger partial charge in [-0.05, 0) is 6.42 Å². The first-order valence-electron chi connectivity index (χ1n) is 3.87. The molecule has 9 nitrogen and oxygen atoms in total. The molecule has 0 fully saturated rings. The molecule has 0 aromatic carbocycles. The van der Waals surface area contributed by atoms with Crippen LogP contribution in [0.25, 0.3) is 0 Å². The molecule has 0 amide bonds. The van der Waals surface area contributed by atoms with Crippen LogP contribution < -0.4 is 0 Å². The van der Waals surface area contributed by atoms with Gasteiger partial charge in [-0.15, -0.1) is 4.91 Å². The van der Waals surface area contributed by atoms with Gasteiger partial charge in [0.2, 0.25) is 0 Å². The average molecular weight is 238 g/mol. The van der Waals surface area contributed by atoms with Crippen molar-refractivity contribution < 1.29 is 19.2 Å². The lowest BCUT2D eigenvalue weighted by Gasteiger charge is -2.04. The fourth-order valence-electron chi connectivity index (χ4n) is 0.730. The van der Waals surface area contributed by atoms with Crippen molar-refractivity contribution in [3.63, 3.8) is 0 Å². The molecule has 10 heteroatoms. The minimum atomic E-state index is -3.13. The highest BCUT2D eigenvalue weighted by atomic mass is 31.1. The number of aromatic amines is 1. The number of rotatable bonds is 4. The summed E-state index contributed by atoms with van der Waals surface area (Å²) in [4.78, 5) is 32.3. The molecule has 1 aromatic heterocycles. The van der Waals surface area contributed by atoms with Crippen molar-refractivity contribution in [1.82, 2.24) is 15.2 Å². The molecule has 86 valence electrons. The number of nitrogens with zero attached hydrogens (tertiary/aromatic N) is 3. The van der Waals surface area contributed by atoms with Crippen LogP contribution >= 0.6 is 8.25 Å². The van der Waals surface area contributed by atoms with Crippen LogP contribution in [-0.4, -0.2) is 25.0 Å². The number of hydrogen-bond acceptors (Lipinski definition) is 6. The second kappa shape index (κ2) is 8.04. The van der Waals surface area contributed by atoms with Crippen molar-refractivity contribution in [3.05, 3.63) is 17.1 Å². The lowest BCUT2D eigenvalue weighted by Crippen LogP contribution is -2.00. The van der Waals surface area contributed by atoms with Crippen molar-refractivity contribution in [1.29, 1.82) is 0 Å². The molecule has 1 heterocycles. The molecule has 0 aliphatic rings. The van der Waals surface area contributed by atoms with Gasteiger partial charge in [0.05, 0.1) is 0 Å². The summed E-state index contributed by atoms with van der Waals surface area (Å²) in [5.41, 5.74) is 0. The first-order chi connectivity index (χ1) is 7.11. The van der Waals surface area contributed by atoms with E-state index in [1.165, 1.54) is 6.33 Å². The summed E-state index contributed by atoms with van der Waals surface area (Å²) in [6.45, 7) is 1.85. The molecular formula is C5H11N4O5P. The molecule has 0 radical (unpaired) electrons. The summed E-state index contributed by atoms with van der Waals surface area (Å²) >= 11 is 0. The van der Waals surface area contributed by atoms with E-state index in [4.69, 9.17) is 14.4 Å². The fraction of sp³-hybridized carbons (Fsp3) is 0.600. The standard InChI is InChI=1S/C5H8N4O2.H3O3P/c1-2-4(11-9-10)5-6-3-7-8-5;1-4(2)3/h3-4H,2H2,1H3,(H,6,7,8);4H,(H2,1,2,3). The Balaban J connectivity index is 0.000000423. The van der Waals surface area contributed by atoms with Crippen LogP contribution in [0.4, 0.5) is 0 Å². The largest absolute Gasteiger partial charge is 0.352 e. The number of aromatic nitrogens is 3. The molecule has 0 saturated heterocycles. The van der Waals surface area contributed by atoms with E-state index >= 15 is 0 Å².